The van der Waals surface area contributed by atoms with E-state index in [1.165, 1.54) is 0 Å². The van der Waals surface area contributed by atoms with E-state index in [9.17, 15) is 4.39 Å². The molecule has 19 heavy (non-hydrogen) atoms. The number of halogens is 1. The summed E-state index contributed by atoms with van der Waals surface area (Å²) in [5, 5.41) is 3.23. The van der Waals surface area contributed by atoms with Crippen LogP contribution in [-0.4, -0.2) is 19.1 Å². The minimum atomic E-state index is -0.118. The lowest BCUT2D eigenvalue weighted by Gasteiger charge is -2.32. The van der Waals surface area contributed by atoms with Crippen LogP contribution in [0.4, 0.5) is 10.1 Å². The molecule has 0 unspecified atom stereocenters. The van der Waals surface area contributed by atoms with Crippen molar-refractivity contribution in [1.29, 1.82) is 0 Å². The van der Waals surface area contributed by atoms with Crippen molar-refractivity contribution in [3.63, 3.8) is 0 Å². The quantitative estimate of drug-likeness (QED) is 0.807. The van der Waals surface area contributed by atoms with Crippen molar-refractivity contribution >= 4 is 5.69 Å². The van der Waals surface area contributed by atoms with E-state index in [0.717, 1.165) is 24.3 Å². The molecule has 2 nitrogen and oxygen atoms in total. The fraction of sp³-hybridized carbons (Fsp3) is 0.625. The average Bonchev–Trinajstić information content (AvgIpc) is 2.34. The molecule has 0 heterocycles. The van der Waals surface area contributed by atoms with Crippen LogP contribution in [0.1, 0.15) is 40.2 Å². The summed E-state index contributed by atoms with van der Waals surface area (Å²) in [5.74, 6) is 0.436. The molecular formula is C16H27FN2. The van der Waals surface area contributed by atoms with Gasteiger partial charge in [-0.25, -0.2) is 4.39 Å². The van der Waals surface area contributed by atoms with Crippen molar-refractivity contribution in [3.05, 3.63) is 29.6 Å². The van der Waals surface area contributed by atoms with Gasteiger partial charge in [-0.2, -0.15) is 0 Å². The lowest BCUT2D eigenvalue weighted by atomic mass is 10.1. The lowest BCUT2D eigenvalue weighted by Crippen LogP contribution is -2.35. The summed E-state index contributed by atoms with van der Waals surface area (Å²) in [6.45, 7) is 13.1. The van der Waals surface area contributed by atoms with E-state index in [-0.39, 0.29) is 5.82 Å². The Bertz CT molecular complexity index is 388. The molecule has 0 aliphatic heterocycles. The van der Waals surface area contributed by atoms with Crippen LogP contribution in [0.2, 0.25) is 0 Å². The summed E-state index contributed by atoms with van der Waals surface area (Å²) < 4.78 is 14.1. The molecule has 1 rings (SSSR count). The van der Waals surface area contributed by atoms with Gasteiger partial charge in [0.25, 0.3) is 0 Å². The summed E-state index contributed by atoms with van der Waals surface area (Å²) in [6, 6.07) is 5.74. The number of rotatable bonds is 7. The van der Waals surface area contributed by atoms with Gasteiger partial charge >= 0.3 is 0 Å². The van der Waals surface area contributed by atoms with Crippen LogP contribution in [0.15, 0.2) is 18.2 Å². The average molecular weight is 266 g/mol. The maximum atomic E-state index is 14.1. The molecule has 0 amide bonds. The summed E-state index contributed by atoms with van der Waals surface area (Å²) in [6.07, 6.45) is 0. The fourth-order valence-electron chi connectivity index (χ4n) is 2.22. The topological polar surface area (TPSA) is 15.3 Å². The molecule has 3 heteroatoms. The van der Waals surface area contributed by atoms with Gasteiger partial charge in [0.05, 0.1) is 0 Å². The normalized spacial score (nSPS) is 11.4. The number of nitrogens with zero attached hydrogens (tertiary/aromatic N) is 1. The van der Waals surface area contributed by atoms with E-state index in [1.54, 1.807) is 12.1 Å². The predicted molar refractivity (Wildman–Crippen MR) is 81.1 cm³/mol. The second kappa shape index (κ2) is 7.49. The van der Waals surface area contributed by atoms with Gasteiger partial charge in [-0.15, -0.1) is 0 Å². The van der Waals surface area contributed by atoms with E-state index in [4.69, 9.17) is 0 Å². The van der Waals surface area contributed by atoms with Gasteiger partial charge in [0.1, 0.15) is 5.82 Å². The van der Waals surface area contributed by atoms with Gasteiger partial charge < -0.3 is 10.2 Å². The summed E-state index contributed by atoms with van der Waals surface area (Å²) in [5.41, 5.74) is 1.79. The predicted octanol–water partition coefficient (Wildman–Crippen LogP) is 3.81. The molecule has 1 aromatic rings. The molecule has 108 valence electrons. The Balaban J connectivity index is 3.10. The third-order valence-electron chi connectivity index (χ3n) is 3.14. The lowest BCUT2D eigenvalue weighted by molar-refractivity contribution is 0.556. The first-order valence-corrected chi connectivity index (χ1v) is 7.22. The molecule has 0 spiro atoms. The number of hydrogen-bond donors (Lipinski definition) is 1. The fourth-order valence-corrected chi connectivity index (χ4v) is 2.22. The minimum Gasteiger partial charge on any atom is -0.369 e. The molecule has 0 aliphatic carbocycles. The molecule has 1 aromatic carbocycles. The molecular weight excluding hydrogens is 239 g/mol. The first-order valence-electron chi connectivity index (χ1n) is 7.22. The molecule has 0 saturated heterocycles. The Labute approximate surface area is 117 Å². The zero-order chi connectivity index (χ0) is 14.4. The van der Waals surface area contributed by atoms with Crippen LogP contribution in [0.25, 0.3) is 0 Å². The summed E-state index contributed by atoms with van der Waals surface area (Å²) in [7, 11) is 0. The second-order valence-corrected chi connectivity index (χ2v) is 5.66. The van der Waals surface area contributed by atoms with Crippen LogP contribution in [0.5, 0.6) is 0 Å². The molecule has 0 radical (unpaired) electrons. The zero-order valence-electron chi connectivity index (χ0n) is 12.8. The van der Waals surface area contributed by atoms with Gasteiger partial charge in [-0.3, -0.25) is 0 Å². The minimum absolute atomic E-state index is 0.118. The Kier molecular flexibility index (Phi) is 6.29. The number of nitrogens with one attached hydrogen (secondary N) is 1. The first-order chi connectivity index (χ1) is 8.97. The van der Waals surface area contributed by atoms with Crippen molar-refractivity contribution in [1.82, 2.24) is 5.32 Å². The third kappa shape index (κ3) is 4.50. The highest BCUT2D eigenvalue weighted by Crippen LogP contribution is 2.26. The Morgan fingerprint density at radius 3 is 2.42 bits per heavy atom. The maximum absolute atomic E-state index is 14.1. The molecule has 0 aromatic heterocycles. The molecule has 0 atom stereocenters. The summed E-state index contributed by atoms with van der Waals surface area (Å²) >= 11 is 0. The summed E-state index contributed by atoms with van der Waals surface area (Å²) in [4.78, 5) is 2.29. The largest absolute Gasteiger partial charge is 0.369 e. The highest BCUT2D eigenvalue weighted by molar-refractivity contribution is 5.55. The Morgan fingerprint density at radius 2 is 1.89 bits per heavy atom. The SMILES string of the molecule is CCNCc1c(F)cccc1N(CC(C)C)C(C)C. The van der Waals surface area contributed by atoms with E-state index < -0.39 is 0 Å². The Hall–Kier alpha value is -1.09. The third-order valence-corrected chi connectivity index (χ3v) is 3.14. The van der Waals surface area contributed by atoms with Crippen molar-refractivity contribution < 1.29 is 4.39 Å². The van der Waals surface area contributed by atoms with Crippen LogP contribution >= 0.6 is 0 Å². The number of anilines is 1. The molecule has 0 aliphatic rings. The van der Waals surface area contributed by atoms with E-state index in [0.29, 0.717) is 18.5 Å². The van der Waals surface area contributed by atoms with Crippen molar-refractivity contribution in [2.75, 3.05) is 18.0 Å². The van der Waals surface area contributed by atoms with Gasteiger partial charge in [-0.05, 0) is 38.4 Å². The standard InChI is InChI=1S/C16H27FN2/c1-6-18-10-14-15(17)8-7-9-16(14)19(13(4)5)11-12(2)3/h7-9,12-13,18H,6,10-11H2,1-5H3. The maximum Gasteiger partial charge on any atom is 0.129 e. The Morgan fingerprint density at radius 1 is 1.21 bits per heavy atom. The van der Waals surface area contributed by atoms with Crippen molar-refractivity contribution in [2.45, 2.75) is 47.2 Å². The zero-order valence-corrected chi connectivity index (χ0v) is 12.8. The van der Waals surface area contributed by atoms with Gasteiger partial charge in [0.15, 0.2) is 0 Å². The highest BCUT2D eigenvalue weighted by atomic mass is 19.1. The van der Waals surface area contributed by atoms with E-state index >= 15 is 0 Å². The van der Waals surface area contributed by atoms with Gasteiger partial charge in [0, 0.05) is 30.4 Å². The van der Waals surface area contributed by atoms with E-state index in [1.807, 2.05) is 13.0 Å². The van der Waals surface area contributed by atoms with Crippen LogP contribution in [0, 0.1) is 11.7 Å². The highest BCUT2D eigenvalue weighted by Gasteiger charge is 2.17. The molecule has 1 N–H and O–H groups in total. The molecule has 0 saturated carbocycles. The number of hydrogen-bond acceptors (Lipinski definition) is 2. The van der Waals surface area contributed by atoms with Crippen molar-refractivity contribution in [2.24, 2.45) is 5.92 Å². The second-order valence-electron chi connectivity index (χ2n) is 5.66. The van der Waals surface area contributed by atoms with E-state index in [2.05, 4.69) is 37.9 Å². The van der Waals surface area contributed by atoms with Crippen LogP contribution in [-0.2, 0) is 6.54 Å². The molecule has 0 bridgehead atoms. The monoisotopic (exact) mass is 266 g/mol. The van der Waals surface area contributed by atoms with Gasteiger partial charge in [0.2, 0.25) is 0 Å². The van der Waals surface area contributed by atoms with Crippen LogP contribution < -0.4 is 10.2 Å². The van der Waals surface area contributed by atoms with Crippen molar-refractivity contribution in [3.8, 4) is 0 Å². The van der Waals surface area contributed by atoms with Gasteiger partial charge in [-0.1, -0.05) is 26.8 Å². The molecule has 0 fully saturated rings. The smallest absolute Gasteiger partial charge is 0.129 e. The number of benzene rings is 1. The first kappa shape index (κ1) is 16.0. The van der Waals surface area contributed by atoms with Crippen LogP contribution in [0.3, 0.4) is 0 Å².